The summed E-state index contributed by atoms with van der Waals surface area (Å²) in [6, 6.07) is 1.01. The summed E-state index contributed by atoms with van der Waals surface area (Å²) >= 11 is 0. The SMILES string of the molecule is CCN(C(=O)NCc1nc(-c2ncccn2)no1)[C@H]1CCS(=O)(=O)C1. The fourth-order valence-electron chi connectivity index (χ4n) is 2.67. The van der Waals surface area contributed by atoms with Crippen molar-refractivity contribution in [2.24, 2.45) is 0 Å². The summed E-state index contributed by atoms with van der Waals surface area (Å²) in [4.78, 5) is 26.0. The van der Waals surface area contributed by atoms with E-state index in [4.69, 9.17) is 4.52 Å². The lowest BCUT2D eigenvalue weighted by molar-refractivity contribution is 0.182. The zero-order valence-corrected chi connectivity index (χ0v) is 14.4. The Hall–Kier alpha value is -2.56. The number of hydrogen-bond acceptors (Lipinski definition) is 8. The van der Waals surface area contributed by atoms with E-state index < -0.39 is 9.84 Å². The average Bonchev–Trinajstić information content (AvgIpc) is 3.21. The molecule has 0 radical (unpaired) electrons. The highest BCUT2D eigenvalue weighted by Crippen LogP contribution is 2.18. The third-order valence-corrected chi connectivity index (χ3v) is 5.63. The number of nitrogens with one attached hydrogen (secondary N) is 1. The minimum absolute atomic E-state index is 0.00428. The van der Waals surface area contributed by atoms with Gasteiger partial charge in [0.25, 0.3) is 0 Å². The summed E-state index contributed by atoms with van der Waals surface area (Å²) in [5.41, 5.74) is 0. The molecule has 2 aromatic heterocycles. The van der Waals surface area contributed by atoms with Crippen LogP contribution in [0.3, 0.4) is 0 Å². The van der Waals surface area contributed by atoms with Crippen LogP contribution < -0.4 is 5.32 Å². The van der Waals surface area contributed by atoms with Crippen molar-refractivity contribution < 1.29 is 17.7 Å². The fraction of sp³-hybridized carbons (Fsp3) is 0.500. The molecule has 2 amide bonds. The summed E-state index contributed by atoms with van der Waals surface area (Å²) in [7, 11) is -3.05. The van der Waals surface area contributed by atoms with Crippen molar-refractivity contribution in [3.05, 3.63) is 24.4 Å². The van der Waals surface area contributed by atoms with Gasteiger partial charge >= 0.3 is 6.03 Å². The number of nitrogens with zero attached hydrogens (tertiary/aromatic N) is 5. The lowest BCUT2D eigenvalue weighted by atomic mass is 10.2. The number of hydrogen-bond donors (Lipinski definition) is 1. The second kappa shape index (κ2) is 7.13. The molecule has 0 aromatic carbocycles. The van der Waals surface area contributed by atoms with Gasteiger partial charge in [-0.3, -0.25) is 0 Å². The largest absolute Gasteiger partial charge is 0.337 e. The van der Waals surface area contributed by atoms with Gasteiger partial charge < -0.3 is 14.7 Å². The first-order valence-corrected chi connectivity index (χ1v) is 9.65. The molecule has 1 aliphatic heterocycles. The molecule has 134 valence electrons. The molecule has 3 heterocycles. The molecule has 0 saturated carbocycles. The lowest BCUT2D eigenvalue weighted by Gasteiger charge is -2.26. The van der Waals surface area contributed by atoms with E-state index in [0.717, 1.165) is 0 Å². The minimum atomic E-state index is -3.05. The average molecular weight is 366 g/mol. The highest BCUT2D eigenvalue weighted by Gasteiger charge is 2.33. The monoisotopic (exact) mass is 366 g/mol. The van der Waals surface area contributed by atoms with Crippen LogP contribution in [0, 0.1) is 0 Å². The summed E-state index contributed by atoms with van der Waals surface area (Å²) in [6.45, 7) is 2.26. The second-order valence-corrected chi connectivity index (χ2v) is 7.81. The maximum Gasteiger partial charge on any atom is 0.318 e. The predicted molar refractivity (Wildman–Crippen MR) is 87.0 cm³/mol. The van der Waals surface area contributed by atoms with Crippen LogP contribution >= 0.6 is 0 Å². The van der Waals surface area contributed by atoms with Gasteiger partial charge in [-0.2, -0.15) is 4.98 Å². The van der Waals surface area contributed by atoms with Gasteiger partial charge in [-0.1, -0.05) is 5.16 Å². The molecule has 1 fully saturated rings. The van der Waals surface area contributed by atoms with Crippen molar-refractivity contribution >= 4 is 15.9 Å². The van der Waals surface area contributed by atoms with E-state index >= 15 is 0 Å². The summed E-state index contributed by atoms with van der Waals surface area (Å²) < 4.78 is 28.3. The molecule has 1 aliphatic rings. The van der Waals surface area contributed by atoms with Crippen LogP contribution in [-0.4, -0.2) is 63.5 Å². The number of carbonyl (C=O) groups is 1. The zero-order chi connectivity index (χ0) is 17.9. The van der Waals surface area contributed by atoms with Gasteiger partial charge in [0.1, 0.15) is 0 Å². The highest BCUT2D eigenvalue weighted by atomic mass is 32.2. The van der Waals surface area contributed by atoms with Gasteiger partial charge in [0.15, 0.2) is 9.84 Å². The van der Waals surface area contributed by atoms with Crippen LogP contribution in [0.15, 0.2) is 23.0 Å². The minimum Gasteiger partial charge on any atom is -0.337 e. The number of rotatable bonds is 5. The smallest absolute Gasteiger partial charge is 0.318 e. The first kappa shape index (κ1) is 17.3. The van der Waals surface area contributed by atoms with Crippen molar-refractivity contribution in [2.75, 3.05) is 18.1 Å². The molecule has 0 spiro atoms. The number of amides is 2. The Morgan fingerprint density at radius 3 is 2.76 bits per heavy atom. The first-order valence-electron chi connectivity index (χ1n) is 7.83. The topological polar surface area (TPSA) is 131 Å². The van der Waals surface area contributed by atoms with Crippen molar-refractivity contribution in [3.63, 3.8) is 0 Å². The maximum atomic E-state index is 12.3. The van der Waals surface area contributed by atoms with Crippen molar-refractivity contribution in [1.29, 1.82) is 0 Å². The van der Waals surface area contributed by atoms with Gasteiger partial charge in [-0.25, -0.2) is 23.2 Å². The van der Waals surface area contributed by atoms with E-state index in [1.54, 1.807) is 18.5 Å². The van der Waals surface area contributed by atoms with Gasteiger partial charge in [0.05, 0.1) is 18.1 Å². The van der Waals surface area contributed by atoms with Crippen LogP contribution in [0.4, 0.5) is 4.79 Å². The molecule has 2 aromatic rings. The van der Waals surface area contributed by atoms with E-state index in [-0.39, 0.29) is 41.8 Å². The Morgan fingerprint density at radius 2 is 2.12 bits per heavy atom. The zero-order valence-electron chi connectivity index (χ0n) is 13.6. The molecule has 1 saturated heterocycles. The van der Waals surface area contributed by atoms with E-state index in [1.165, 1.54) is 4.90 Å². The molecule has 1 N–H and O–H groups in total. The summed E-state index contributed by atoms with van der Waals surface area (Å²) in [5, 5.41) is 6.44. The number of sulfone groups is 1. The van der Waals surface area contributed by atoms with E-state index in [0.29, 0.717) is 18.8 Å². The van der Waals surface area contributed by atoms with Gasteiger partial charge in [0, 0.05) is 25.0 Å². The van der Waals surface area contributed by atoms with Crippen molar-refractivity contribution in [3.8, 4) is 11.6 Å². The number of urea groups is 1. The van der Waals surface area contributed by atoms with Crippen LogP contribution in [0.5, 0.6) is 0 Å². The molecule has 1 atom stereocenters. The third kappa shape index (κ3) is 4.10. The number of aromatic nitrogens is 4. The number of carbonyl (C=O) groups excluding carboxylic acids is 1. The van der Waals surface area contributed by atoms with Gasteiger partial charge in [-0.15, -0.1) is 0 Å². The molecule has 25 heavy (non-hydrogen) atoms. The van der Waals surface area contributed by atoms with Crippen LogP contribution in [0.25, 0.3) is 11.6 Å². The molecule has 10 nitrogen and oxygen atoms in total. The maximum absolute atomic E-state index is 12.3. The Bertz CT molecular complexity index is 838. The van der Waals surface area contributed by atoms with Crippen LogP contribution in [0.1, 0.15) is 19.2 Å². The molecule has 3 rings (SSSR count). The van der Waals surface area contributed by atoms with Gasteiger partial charge in [0.2, 0.25) is 17.5 Å². The fourth-order valence-corrected chi connectivity index (χ4v) is 4.40. The molecule has 0 unspecified atom stereocenters. The van der Waals surface area contributed by atoms with Gasteiger partial charge in [-0.05, 0) is 19.4 Å². The second-order valence-electron chi connectivity index (χ2n) is 5.59. The van der Waals surface area contributed by atoms with Crippen LogP contribution in [0.2, 0.25) is 0 Å². The van der Waals surface area contributed by atoms with E-state index in [2.05, 4.69) is 25.4 Å². The quantitative estimate of drug-likeness (QED) is 0.796. The van der Waals surface area contributed by atoms with Crippen molar-refractivity contribution in [1.82, 2.24) is 30.3 Å². The summed E-state index contributed by atoms with van der Waals surface area (Å²) in [6.07, 6.45) is 3.59. The molecular formula is C14H18N6O4S. The van der Waals surface area contributed by atoms with Crippen molar-refractivity contribution in [2.45, 2.75) is 25.9 Å². The molecule has 11 heteroatoms. The predicted octanol–water partition coefficient (Wildman–Crippen LogP) is 0.245. The third-order valence-electron chi connectivity index (χ3n) is 3.88. The normalized spacial score (nSPS) is 18.8. The molecule has 0 bridgehead atoms. The standard InChI is InChI=1S/C14H18N6O4S/c1-2-20(10-4-7-25(22,23)9-10)14(21)17-8-11-18-13(19-24-11)12-15-5-3-6-16-12/h3,5-6,10H,2,4,7-9H2,1H3,(H,17,21)/t10-/m0/s1. The lowest BCUT2D eigenvalue weighted by Crippen LogP contribution is -2.46. The first-order chi connectivity index (χ1) is 12.0. The van der Waals surface area contributed by atoms with Crippen LogP contribution in [-0.2, 0) is 16.4 Å². The Balaban J connectivity index is 1.59. The Morgan fingerprint density at radius 1 is 1.36 bits per heavy atom. The van der Waals surface area contributed by atoms with E-state index in [1.807, 2.05) is 6.92 Å². The molecule has 0 aliphatic carbocycles. The Labute approximate surface area is 144 Å². The van der Waals surface area contributed by atoms with E-state index in [9.17, 15) is 13.2 Å². The highest BCUT2D eigenvalue weighted by molar-refractivity contribution is 7.91. The summed E-state index contributed by atoms with van der Waals surface area (Å²) in [5.74, 6) is 0.899. The Kier molecular flexibility index (Phi) is 4.93. The molecular weight excluding hydrogens is 348 g/mol.